The monoisotopic (exact) mass is 482 g/mol. The van der Waals surface area contributed by atoms with Gasteiger partial charge in [0.25, 0.3) is 0 Å². The maximum Gasteiger partial charge on any atom is 0.349 e. The van der Waals surface area contributed by atoms with E-state index in [1.54, 1.807) is 38.1 Å². The molecule has 2 heterocycles. The van der Waals surface area contributed by atoms with Crippen molar-refractivity contribution in [2.45, 2.75) is 32.7 Å². The molecule has 1 aromatic carbocycles. The Kier molecular flexibility index (Phi) is 7.42. The van der Waals surface area contributed by atoms with Crippen LogP contribution in [0.15, 0.2) is 24.3 Å². The molecule has 0 atom stereocenters. The number of nitrogens with zero attached hydrogens (tertiary/aromatic N) is 1. The van der Waals surface area contributed by atoms with Crippen molar-refractivity contribution in [2.75, 3.05) is 29.8 Å². The molecule has 1 fully saturated rings. The Hall–Kier alpha value is -2.63. The SMILES string of the molecule is CCS(=O)(=O)N(c1cccc(-c2sc(C(=O)O)c(OCC(=O)O)c2C)c1)C1CCNCC1. The highest BCUT2D eigenvalue weighted by molar-refractivity contribution is 7.92. The van der Waals surface area contributed by atoms with E-state index in [2.05, 4.69) is 5.32 Å². The number of thiophene rings is 1. The summed E-state index contributed by atoms with van der Waals surface area (Å²) in [4.78, 5) is 23.1. The molecule has 0 bridgehead atoms. The third-order valence-corrected chi connectivity index (χ3v) is 8.44. The van der Waals surface area contributed by atoms with Crippen molar-refractivity contribution >= 4 is 39.0 Å². The molecular weight excluding hydrogens is 456 g/mol. The van der Waals surface area contributed by atoms with Gasteiger partial charge in [-0.1, -0.05) is 12.1 Å². The fourth-order valence-corrected chi connectivity index (χ4v) is 6.25. The Morgan fingerprint density at radius 1 is 1.25 bits per heavy atom. The summed E-state index contributed by atoms with van der Waals surface area (Å²) in [5.41, 5.74) is 1.66. The average Bonchev–Trinajstić information content (AvgIpc) is 3.09. The van der Waals surface area contributed by atoms with E-state index >= 15 is 0 Å². The van der Waals surface area contributed by atoms with Crippen molar-refractivity contribution in [3.8, 4) is 16.2 Å². The van der Waals surface area contributed by atoms with Gasteiger partial charge >= 0.3 is 11.9 Å². The van der Waals surface area contributed by atoms with Gasteiger partial charge in [-0.3, -0.25) is 4.31 Å². The second-order valence-electron chi connectivity index (χ2n) is 7.43. The molecule has 32 heavy (non-hydrogen) atoms. The van der Waals surface area contributed by atoms with Crippen LogP contribution in [0, 0.1) is 6.92 Å². The molecule has 0 aliphatic carbocycles. The molecule has 1 aliphatic rings. The summed E-state index contributed by atoms with van der Waals surface area (Å²) in [5.74, 6) is -2.44. The summed E-state index contributed by atoms with van der Waals surface area (Å²) in [6, 6.07) is 6.82. The number of nitrogens with one attached hydrogen (secondary N) is 1. The fourth-order valence-electron chi connectivity index (χ4n) is 3.79. The molecular formula is C21H26N2O7S2. The van der Waals surface area contributed by atoms with E-state index in [4.69, 9.17) is 9.84 Å². The number of ether oxygens (including phenoxy) is 1. The molecule has 0 saturated carbocycles. The predicted octanol–water partition coefficient (Wildman–Crippen LogP) is 2.79. The molecule has 2 aromatic rings. The number of hydrogen-bond acceptors (Lipinski definition) is 7. The molecule has 1 saturated heterocycles. The Morgan fingerprint density at radius 3 is 2.53 bits per heavy atom. The second-order valence-corrected chi connectivity index (χ2v) is 10.6. The van der Waals surface area contributed by atoms with Gasteiger partial charge in [-0.15, -0.1) is 11.3 Å². The number of aliphatic carboxylic acids is 1. The molecule has 0 unspecified atom stereocenters. The number of rotatable bonds is 9. The number of carboxylic acids is 2. The molecule has 1 aliphatic heterocycles. The highest BCUT2D eigenvalue weighted by Crippen LogP contribution is 2.42. The van der Waals surface area contributed by atoms with E-state index in [1.165, 1.54) is 4.31 Å². The van der Waals surface area contributed by atoms with Gasteiger partial charge in [0, 0.05) is 16.5 Å². The van der Waals surface area contributed by atoms with Gasteiger partial charge in [-0.2, -0.15) is 0 Å². The van der Waals surface area contributed by atoms with Crippen molar-refractivity contribution < 1.29 is 33.0 Å². The first-order chi connectivity index (χ1) is 15.2. The van der Waals surface area contributed by atoms with E-state index in [-0.39, 0.29) is 22.4 Å². The van der Waals surface area contributed by atoms with Crippen LogP contribution < -0.4 is 14.4 Å². The fraction of sp³-hybridized carbons (Fsp3) is 0.429. The first-order valence-electron chi connectivity index (χ1n) is 10.2. The minimum atomic E-state index is -3.53. The van der Waals surface area contributed by atoms with Crippen LogP contribution >= 0.6 is 11.3 Å². The van der Waals surface area contributed by atoms with Gasteiger partial charge in [0.2, 0.25) is 10.0 Å². The van der Waals surface area contributed by atoms with Crippen LogP contribution in [-0.2, 0) is 14.8 Å². The molecule has 0 amide bonds. The lowest BCUT2D eigenvalue weighted by Crippen LogP contribution is -2.46. The van der Waals surface area contributed by atoms with Gasteiger partial charge in [-0.05, 0) is 57.5 Å². The van der Waals surface area contributed by atoms with E-state index in [9.17, 15) is 23.1 Å². The number of carbonyl (C=O) groups is 2. The zero-order chi connectivity index (χ0) is 23.5. The third kappa shape index (κ3) is 5.05. The molecule has 3 rings (SSSR count). The third-order valence-electron chi connectivity index (χ3n) is 5.29. The van der Waals surface area contributed by atoms with Crippen molar-refractivity contribution in [1.29, 1.82) is 0 Å². The highest BCUT2D eigenvalue weighted by Gasteiger charge is 2.31. The standard InChI is InChI=1S/C21H26N2O7S2/c1-3-32(28,29)23(15-7-9-22-10-8-15)16-6-4-5-14(11-16)19-13(2)18(30-12-17(24)25)20(31-19)21(26)27/h4-6,11,15,22H,3,7-10,12H2,1-2H3,(H,24,25)(H,26,27). The summed E-state index contributed by atoms with van der Waals surface area (Å²) >= 11 is 0.973. The number of carboxylic acid groups (broad SMARTS) is 2. The summed E-state index contributed by atoms with van der Waals surface area (Å²) in [5, 5.41) is 21.7. The first-order valence-corrected chi connectivity index (χ1v) is 12.6. The molecule has 3 N–H and O–H groups in total. The predicted molar refractivity (Wildman–Crippen MR) is 122 cm³/mol. The van der Waals surface area contributed by atoms with Gasteiger partial charge in [-0.25, -0.2) is 18.0 Å². The zero-order valence-electron chi connectivity index (χ0n) is 17.8. The Labute approximate surface area is 190 Å². The molecule has 11 heteroatoms. The summed E-state index contributed by atoms with van der Waals surface area (Å²) in [7, 11) is -3.53. The number of benzene rings is 1. The number of anilines is 1. The number of aromatic carboxylic acids is 1. The Balaban J connectivity index is 2.07. The van der Waals surface area contributed by atoms with Crippen LogP contribution in [0.5, 0.6) is 5.75 Å². The van der Waals surface area contributed by atoms with E-state index in [0.29, 0.717) is 34.5 Å². The number of sulfonamides is 1. The number of piperidine rings is 1. The van der Waals surface area contributed by atoms with Crippen molar-refractivity contribution in [3.05, 3.63) is 34.7 Å². The summed E-state index contributed by atoms with van der Waals surface area (Å²) < 4.78 is 32.7. The van der Waals surface area contributed by atoms with Crippen molar-refractivity contribution in [2.24, 2.45) is 0 Å². The maximum absolute atomic E-state index is 13.0. The summed E-state index contributed by atoms with van der Waals surface area (Å²) in [6.07, 6.45) is 1.38. The first kappa shape index (κ1) is 24.0. The largest absolute Gasteiger partial charge is 0.480 e. The quantitative estimate of drug-likeness (QED) is 0.497. The smallest absolute Gasteiger partial charge is 0.349 e. The lowest BCUT2D eigenvalue weighted by Gasteiger charge is -2.35. The van der Waals surface area contributed by atoms with Gasteiger partial charge in [0.05, 0.1) is 11.4 Å². The number of hydrogen-bond donors (Lipinski definition) is 3. The van der Waals surface area contributed by atoms with E-state index in [0.717, 1.165) is 24.4 Å². The topological polar surface area (TPSA) is 133 Å². The second kappa shape index (κ2) is 9.88. The van der Waals surface area contributed by atoms with Crippen LogP contribution in [-0.4, -0.2) is 62.1 Å². The Bertz CT molecular complexity index is 1110. The van der Waals surface area contributed by atoms with E-state index in [1.807, 2.05) is 0 Å². The molecule has 0 radical (unpaired) electrons. The van der Waals surface area contributed by atoms with Gasteiger partial charge < -0.3 is 20.3 Å². The zero-order valence-corrected chi connectivity index (χ0v) is 19.5. The lowest BCUT2D eigenvalue weighted by molar-refractivity contribution is -0.139. The molecule has 174 valence electrons. The average molecular weight is 483 g/mol. The van der Waals surface area contributed by atoms with Crippen LogP contribution in [0.4, 0.5) is 5.69 Å². The maximum atomic E-state index is 13.0. The Morgan fingerprint density at radius 2 is 1.94 bits per heavy atom. The highest BCUT2D eigenvalue weighted by atomic mass is 32.2. The van der Waals surface area contributed by atoms with Crippen LogP contribution in [0.3, 0.4) is 0 Å². The van der Waals surface area contributed by atoms with Crippen molar-refractivity contribution in [1.82, 2.24) is 5.32 Å². The molecule has 1 aromatic heterocycles. The van der Waals surface area contributed by atoms with Gasteiger partial charge in [0.1, 0.15) is 5.75 Å². The van der Waals surface area contributed by atoms with Crippen LogP contribution in [0.1, 0.15) is 35.0 Å². The van der Waals surface area contributed by atoms with Gasteiger partial charge in [0.15, 0.2) is 11.5 Å². The molecule has 9 nitrogen and oxygen atoms in total. The normalized spacial score (nSPS) is 14.8. The summed E-state index contributed by atoms with van der Waals surface area (Å²) in [6.45, 7) is 4.08. The van der Waals surface area contributed by atoms with Crippen molar-refractivity contribution in [3.63, 3.8) is 0 Å². The minimum absolute atomic E-state index is 0.0155. The van der Waals surface area contributed by atoms with Crippen LogP contribution in [0.25, 0.3) is 10.4 Å². The van der Waals surface area contributed by atoms with Crippen LogP contribution in [0.2, 0.25) is 0 Å². The minimum Gasteiger partial charge on any atom is -0.480 e. The van der Waals surface area contributed by atoms with E-state index < -0.39 is 28.6 Å². The lowest BCUT2D eigenvalue weighted by atomic mass is 10.0. The molecule has 0 spiro atoms.